The Labute approximate surface area is 119 Å². The predicted octanol–water partition coefficient (Wildman–Crippen LogP) is 4.82. The Morgan fingerprint density at radius 3 is 2.78 bits per heavy atom. The van der Waals surface area contributed by atoms with E-state index in [-0.39, 0.29) is 5.82 Å². The van der Waals surface area contributed by atoms with Gasteiger partial charge in [0, 0.05) is 22.0 Å². The SMILES string of the molecule is CCCNCc1ccc(F)cc1-c1cscc1Br. The van der Waals surface area contributed by atoms with Crippen LogP contribution in [0.25, 0.3) is 11.1 Å². The molecule has 0 aliphatic heterocycles. The Bertz CT molecular complexity index is 524. The van der Waals surface area contributed by atoms with Crippen molar-refractivity contribution >= 4 is 27.3 Å². The van der Waals surface area contributed by atoms with Crippen molar-refractivity contribution in [3.8, 4) is 11.1 Å². The summed E-state index contributed by atoms with van der Waals surface area (Å²) in [5.74, 6) is -0.192. The lowest BCUT2D eigenvalue weighted by molar-refractivity contribution is 0.625. The van der Waals surface area contributed by atoms with Crippen molar-refractivity contribution in [3.05, 3.63) is 44.8 Å². The van der Waals surface area contributed by atoms with Crippen molar-refractivity contribution in [1.82, 2.24) is 5.32 Å². The van der Waals surface area contributed by atoms with E-state index in [1.165, 1.54) is 6.07 Å². The van der Waals surface area contributed by atoms with Crippen molar-refractivity contribution < 1.29 is 4.39 Å². The minimum atomic E-state index is -0.192. The van der Waals surface area contributed by atoms with E-state index in [9.17, 15) is 4.39 Å². The number of hydrogen-bond donors (Lipinski definition) is 1. The van der Waals surface area contributed by atoms with Crippen molar-refractivity contribution in [2.45, 2.75) is 19.9 Å². The minimum Gasteiger partial charge on any atom is -0.313 e. The highest BCUT2D eigenvalue weighted by Crippen LogP contribution is 2.34. The van der Waals surface area contributed by atoms with Crippen LogP contribution in [0.4, 0.5) is 4.39 Å². The van der Waals surface area contributed by atoms with Gasteiger partial charge in [0.2, 0.25) is 0 Å². The van der Waals surface area contributed by atoms with Crippen LogP contribution in [-0.4, -0.2) is 6.54 Å². The zero-order chi connectivity index (χ0) is 13.0. The summed E-state index contributed by atoms with van der Waals surface area (Å²) in [6.45, 7) is 3.88. The second kappa shape index (κ2) is 6.45. The number of hydrogen-bond acceptors (Lipinski definition) is 2. The zero-order valence-electron chi connectivity index (χ0n) is 10.2. The van der Waals surface area contributed by atoms with Crippen LogP contribution in [-0.2, 0) is 6.54 Å². The summed E-state index contributed by atoms with van der Waals surface area (Å²) in [5, 5.41) is 7.42. The highest BCUT2D eigenvalue weighted by molar-refractivity contribution is 9.10. The molecule has 96 valence electrons. The van der Waals surface area contributed by atoms with Gasteiger partial charge in [-0.3, -0.25) is 0 Å². The lowest BCUT2D eigenvalue weighted by atomic mass is 10.0. The molecule has 1 heterocycles. The van der Waals surface area contributed by atoms with E-state index >= 15 is 0 Å². The van der Waals surface area contributed by atoms with Crippen LogP contribution < -0.4 is 5.32 Å². The van der Waals surface area contributed by atoms with Crippen molar-refractivity contribution in [2.24, 2.45) is 0 Å². The van der Waals surface area contributed by atoms with Gasteiger partial charge in [-0.1, -0.05) is 13.0 Å². The third-order valence-corrected chi connectivity index (χ3v) is 4.42. The van der Waals surface area contributed by atoms with Crippen LogP contribution in [0.1, 0.15) is 18.9 Å². The molecule has 18 heavy (non-hydrogen) atoms. The fourth-order valence-corrected chi connectivity index (χ4v) is 3.33. The van der Waals surface area contributed by atoms with Crippen molar-refractivity contribution in [1.29, 1.82) is 0 Å². The van der Waals surface area contributed by atoms with Crippen LogP contribution in [0.5, 0.6) is 0 Å². The first-order valence-electron chi connectivity index (χ1n) is 5.93. The van der Waals surface area contributed by atoms with Crippen LogP contribution in [0.3, 0.4) is 0 Å². The normalized spacial score (nSPS) is 10.8. The minimum absolute atomic E-state index is 0.192. The van der Waals surface area contributed by atoms with Gasteiger partial charge in [-0.25, -0.2) is 4.39 Å². The van der Waals surface area contributed by atoms with Gasteiger partial charge >= 0.3 is 0 Å². The summed E-state index contributed by atoms with van der Waals surface area (Å²) in [6.07, 6.45) is 1.10. The van der Waals surface area contributed by atoms with E-state index in [0.29, 0.717) is 0 Å². The summed E-state index contributed by atoms with van der Waals surface area (Å²) >= 11 is 5.13. The summed E-state index contributed by atoms with van der Waals surface area (Å²) in [6, 6.07) is 4.99. The van der Waals surface area contributed by atoms with E-state index in [1.54, 1.807) is 17.4 Å². The van der Waals surface area contributed by atoms with Gasteiger partial charge in [-0.2, -0.15) is 11.3 Å². The molecule has 0 fully saturated rings. The Kier molecular flexibility index (Phi) is 4.92. The maximum Gasteiger partial charge on any atom is 0.123 e. The van der Waals surface area contributed by atoms with Gasteiger partial charge in [-0.15, -0.1) is 0 Å². The molecule has 0 bridgehead atoms. The quantitative estimate of drug-likeness (QED) is 0.776. The van der Waals surface area contributed by atoms with Gasteiger partial charge in [0.15, 0.2) is 0 Å². The topological polar surface area (TPSA) is 12.0 Å². The van der Waals surface area contributed by atoms with Gasteiger partial charge < -0.3 is 5.32 Å². The Balaban J connectivity index is 2.32. The fourth-order valence-electron chi connectivity index (χ4n) is 1.83. The maximum atomic E-state index is 13.4. The largest absolute Gasteiger partial charge is 0.313 e. The monoisotopic (exact) mass is 327 g/mol. The van der Waals surface area contributed by atoms with E-state index in [0.717, 1.165) is 40.7 Å². The lowest BCUT2D eigenvalue weighted by Gasteiger charge is -2.10. The summed E-state index contributed by atoms with van der Waals surface area (Å²) < 4.78 is 14.4. The van der Waals surface area contributed by atoms with Crippen LogP contribution >= 0.6 is 27.3 Å². The molecule has 1 nitrogen and oxygen atoms in total. The molecule has 0 radical (unpaired) electrons. The molecular formula is C14H15BrFNS. The van der Waals surface area contributed by atoms with E-state index in [1.807, 2.05) is 16.8 Å². The Hall–Kier alpha value is -0.710. The summed E-state index contributed by atoms with van der Waals surface area (Å²) in [5.41, 5.74) is 3.16. The number of rotatable bonds is 5. The first-order valence-corrected chi connectivity index (χ1v) is 7.67. The molecule has 1 N–H and O–H groups in total. The predicted molar refractivity (Wildman–Crippen MR) is 79.4 cm³/mol. The molecular weight excluding hydrogens is 313 g/mol. The van der Waals surface area contributed by atoms with Crippen LogP contribution in [0, 0.1) is 5.82 Å². The van der Waals surface area contributed by atoms with Gasteiger partial charge in [0.05, 0.1) is 0 Å². The molecule has 0 amide bonds. The van der Waals surface area contributed by atoms with Gasteiger partial charge in [0.1, 0.15) is 5.82 Å². The van der Waals surface area contributed by atoms with Crippen LogP contribution in [0.2, 0.25) is 0 Å². The maximum absolute atomic E-state index is 13.4. The third kappa shape index (κ3) is 3.19. The standard InChI is InChI=1S/C14H15BrFNS/c1-2-5-17-7-10-3-4-11(16)6-12(10)13-8-18-9-14(13)15/h3-4,6,8-9,17H,2,5,7H2,1H3. The Morgan fingerprint density at radius 2 is 2.11 bits per heavy atom. The van der Waals surface area contributed by atoms with E-state index in [4.69, 9.17) is 0 Å². The lowest BCUT2D eigenvalue weighted by Crippen LogP contribution is -2.14. The molecule has 0 spiro atoms. The Morgan fingerprint density at radius 1 is 1.28 bits per heavy atom. The molecule has 2 rings (SSSR count). The van der Waals surface area contributed by atoms with Crippen molar-refractivity contribution in [2.75, 3.05) is 6.54 Å². The second-order valence-electron chi connectivity index (χ2n) is 4.11. The molecule has 0 saturated heterocycles. The average molecular weight is 328 g/mol. The van der Waals surface area contributed by atoms with Crippen LogP contribution in [0.15, 0.2) is 33.4 Å². The average Bonchev–Trinajstić information content (AvgIpc) is 2.77. The second-order valence-corrected chi connectivity index (χ2v) is 5.71. The molecule has 0 atom stereocenters. The molecule has 1 aromatic carbocycles. The molecule has 0 aliphatic carbocycles. The number of nitrogens with one attached hydrogen (secondary N) is 1. The molecule has 2 aromatic rings. The molecule has 4 heteroatoms. The fraction of sp³-hybridized carbons (Fsp3) is 0.286. The molecule has 0 saturated carbocycles. The first kappa shape index (κ1) is 13.7. The number of halogens is 2. The smallest absolute Gasteiger partial charge is 0.123 e. The number of benzene rings is 1. The van der Waals surface area contributed by atoms with Gasteiger partial charge in [0.25, 0.3) is 0 Å². The molecule has 0 unspecified atom stereocenters. The summed E-state index contributed by atoms with van der Waals surface area (Å²) in [7, 11) is 0. The number of thiophene rings is 1. The highest BCUT2D eigenvalue weighted by Gasteiger charge is 2.10. The highest BCUT2D eigenvalue weighted by atomic mass is 79.9. The third-order valence-electron chi connectivity index (χ3n) is 2.72. The zero-order valence-corrected chi connectivity index (χ0v) is 12.6. The summed E-state index contributed by atoms with van der Waals surface area (Å²) in [4.78, 5) is 0. The molecule has 1 aromatic heterocycles. The molecule has 0 aliphatic rings. The van der Waals surface area contributed by atoms with Gasteiger partial charge in [-0.05, 0) is 57.5 Å². The van der Waals surface area contributed by atoms with Crippen molar-refractivity contribution in [3.63, 3.8) is 0 Å². The van der Waals surface area contributed by atoms with E-state index < -0.39 is 0 Å². The van der Waals surface area contributed by atoms with E-state index in [2.05, 4.69) is 28.2 Å². The first-order chi connectivity index (χ1) is 8.72.